The number of non-ortho nitro benzene ring substituents is 1. The molecule has 160 valence electrons. The van der Waals surface area contributed by atoms with E-state index in [9.17, 15) is 29.3 Å². The van der Waals surface area contributed by atoms with Crippen molar-refractivity contribution >= 4 is 41.5 Å². The molecule has 11 heteroatoms. The molecular formula is C19H22N4O6S. The van der Waals surface area contributed by atoms with Crippen LogP contribution in [-0.2, 0) is 14.4 Å². The molecule has 2 rings (SSSR count). The SMILES string of the molecule is CNC(=O)C1=C(N(C=O)CCC(=O)NCC(=O)c2ccc([N+](=O)[O-])cc2)CCSC1. The first-order valence-corrected chi connectivity index (χ1v) is 10.3. The van der Waals surface area contributed by atoms with Crippen LogP contribution in [0.3, 0.4) is 0 Å². The predicted octanol–water partition coefficient (Wildman–Crippen LogP) is 0.879. The van der Waals surface area contributed by atoms with Gasteiger partial charge in [-0.3, -0.25) is 29.3 Å². The van der Waals surface area contributed by atoms with Crippen LogP contribution in [0.4, 0.5) is 5.69 Å². The Morgan fingerprint density at radius 1 is 1.27 bits per heavy atom. The monoisotopic (exact) mass is 434 g/mol. The maximum Gasteiger partial charge on any atom is 0.269 e. The molecule has 10 nitrogen and oxygen atoms in total. The highest BCUT2D eigenvalue weighted by molar-refractivity contribution is 7.99. The lowest BCUT2D eigenvalue weighted by Gasteiger charge is -2.27. The molecule has 3 amide bonds. The number of likely N-dealkylation sites (N-methyl/N-ethyl adjacent to an activating group) is 1. The van der Waals surface area contributed by atoms with Gasteiger partial charge in [-0.1, -0.05) is 0 Å². The summed E-state index contributed by atoms with van der Waals surface area (Å²) in [6.07, 6.45) is 1.11. The predicted molar refractivity (Wildman–Crippen MR) is 111 cm³/mol. The Labute approximate surface area is 177 Å². The Hall–Kier alpha value is -3.21. The third-order valence-corrected chi connectivity index (χ3v) is 5.46. The van der Waals surface area contributed by atoms with Gasteiger partial charge < -0.3 is 15.5 Å². The van der Waals surface area contributed by atoms with Crippen LogP contribution in [0.1, 0.15) is 23.2 Å². The molecule has 0 unspecified atom stereocenters. The third kappa shape index (κ3) is 6.14. The van der Waals surface area contributed by atoms with Crippen molar-refractivity contribution < 1.29 is 24.1 Å². The Balaban J connectivity index is 1.90. The van der Waals surface area contributed by atoms with E-state index in [1.54, 1.807) is 11.8 Å². The minimum absolute atomic E-state index is 0.0377. The van der Waals surface area contributed by atoms with E-state index in [1.165, 1.54) is 36.2 Å². The number of carbonyl (C=O) groups excluding carboxylic acids is 4. The van der Waals surface area contributed by atoms with Crippen LogP contribution in [0.5, 0.6) is 0 Å². The van der Waals surface area contributed by atoms with Crippen LogP contribution in [0.2, 0.25) is 0 Å². The van der Waals surface area contributed by atoms with E-state index < -0.39 is 10.8 Å². The molecule has 1 aromatic carbocycles. The molecule has 0 aromatic heterocycles. The highest BCUT2D eigenvalue weighted by atomic mass is 32.2. The Bertz CT molecular complexity index is 868. The second kappa shape index (κ2) is 11.1. The van der Waals surface area contributed by atoms with Crippen LogP contribution in [0.15, 0.2) is 35.5 Å². The van der Waals surface area contributed by atoms with Crippen molar-refractivity contribution in [1.29, 1.82) is 0 Å². The number of hydrogen-bond acceptors (Lipinski definition) is 7. The molecule has 0 saturated heterocycles. The first-order chi connectivity index (χ1) is 14.4. The summed E-state index contributed by atoms with van der Waals surface area (Å²) in [7, 11) is 1.52. The summed E-state index contributed by atoms with van der Waals surface area (Å²) in [5.41, 5.74) is 1.25. The molecule has 1 aliphatic heterocycles. The molecule has 30 heavy (non-hydrogen) atoms. The zero-order valence-corrected chi connectivity index (χ0v) is 17.2. The van der Waals surface area contributed by atoms with Gasteiger partial charge in [0.2, 0.25) is 18.2 Å². The molecule has 0 saturated carbocycles. The zero-order chi connectivity index (χ0) is 22.1. The molecule has 1 aromatic rings. The summed E-state index contributed by atoms with van der Waals surface area (Å²) in [6, 6.07) is 5.09. The van der Waals surface area contributed by atoms with E-state index in [0.29, 0.717) is 29.9 Å². The average Bonchev–Trinajstić information content (AvgIpc) is 2.77. The second-order valence-corrected chi connectivity index (χ2v) is 7.46. The van der Waals surface area contributed by atoms with Crippen LogP contribution in [-0.4, -0.2) is 65.5 Å². The number of hydrogen-bond donors (Lipinski definition) is 2. The molecule has 2 N–H and O–H groups in total. The van der Waals surface area contributed by atoms with Gasteiger partial charge in [-0.05, 0) is 24.3 Å². The molecular weight excluding hydrogens is 412 g/mol. The lowest BCUT2D eigenvalue weighted by Crippen LogP contribution is -2.35. The number of amides is 3. The number of allylic oxidation sites excluding steroid dienone is 1. The lowest BCUT2D eigenvalue weighted by atomic mass is 10.1. The first kappa shape index (κ1) is 23.1. The smallest absolute Gasteiger partial charge is 0.269 e. The van der Waals surface area contributed by atoms with Gasteiger partial charge in [0.15, 0.2) is 5.78 Å². The second-order valence-electron chi connectivity index (χ2n) is 6.36. The number of thioether (sulfide) groups is 1. The molecule has 0 radical (unpaired) electrons. The number of nitro benzene ring substituents is 1. The number of ketones is 1. The number of nitro groups is 1. The summed E-state index contributed by atoms with van der Waals surface area (Å²) in [6.45, 7) is -0.178. The van der Waals surface area contributed by atoms with Gasteiger partial charge >= 0.3 is 0 Å². The molecule has 0 fully saturated rings. The maximum atomic E-state index is 12.1. The van der Waals surface area contributed by atoms with Gasteiger partial charge in [-0.25, -0.2) is 0 Å². The van der Waals surface area contributed by atoms with Gasteiger partial charge in [0, 0.05) is 54.7 Å². The van der Waals surface area contributed by atoms with E-state index in [4.69, 9.17) is 0 Å². The number of nitrogens with one attached hydrogen (secondary N) is 2. The van der Waals surface area contributed by atoms with Gasteiger partial charge in [-0.15, -0.1) is 0 Å². The fraction of sp³-hybridized carbons (Fsp3) is 0.368. The number of benzene rings is 1. The summed E-state index contributed by atoms with van der Waals surface area (Å²) < 4.78 is 0. The van der Waals surface area contributed by atoms with E-state index in [2.05, 4.69) is 10.6 Å². The van der Waals surface area contributed by atoms with Gasteiger partial charge in [0.05, 0.1) is 11.5 Å². The molecule has 0 bridgehead atoms. The van der Waals surface area contributed by atoms with Crippen molar-refractivity contribution in [2.75, 3.05) is 31.6 Å². The van der Waals surface area contributed by atoms with Crippen LogP contribution >= 0.6 is 11.8 Å². The van der Waals surface area contributed by atoms with Crippen LogP contribution in [0, 0.1) is 10.1 Å². The van der Waals surface area contributed by atoms with Crippen molar-refractivity contribution in [2.24, 2.45) is 0 Å². The minimum atomic E-state index is -0.565. The van der Waals surface area contributed by atoms with Crippen molar-refractivity contribution in [1.82, 2.24) is 15.5 Å². The largest absolute Gasteiger partial charge is 0.355 e. The van der Waals surface area contributed by atoms with Gasteiger partial charge in [-0.2, -0.15) is 11.8 Å². The van der Waals surface area contributed by atoms with E-state index in [1.807, 2.05) is 0 Å². The van der Waals surface area contributed by atoms with E-state index >= 15 is 0 Å². The quantitative estimate of drug-likeness (QED) is 0.241. The van der Waals surface area contributed by atoms with Crippen molar-refractivity contribution in [3.8, 4) is 0 Å². The number of Topliss-reactive ketones (excluding diaryl/α,β-unsaturated/α-hetero) is 1. The standard InChI is InChI=1S/C19H22N4O6S/c1-20-19(27)15-11-30-9-7-16(15)22(12-24)8-6-18(26)21-10-17(25)13-2-4-14(5-3-13)23(28)29/h2-5,12H,6-11H2,1H3,(H,20,27)(H,21,26). The summed E-state index contributed by atoms with van der Waals surface area (Å²) in [5, 5.41) is 15.7. The summed E-state index contributed by atoms with van der Waals surface area (Å²) in [4.78, 5) is 59.2. The average molecular weight is 434 g/mol. The van der Waals surface area contributed by atoms with Crippen LogP contribution < -0.4 is 10.6 Å². The maximum absolute atomic E-state index is 12.1. The highest BCUT2D eigenvalue weighted by Crippen LogP contribution is 2.26. The van der Waals surface area contributed by atoms with Gasteiger partial charge in [0.1, 0.15) is 0 Å². The normalized spacial score (nSPS) is 13.4. The topological polar surface area (TPSA) is 139 Å². The molecule has 0 atom stereocenters. The molecule has 0 aliphatic carbocycles. The number of carbonyl (C=O) groups is 4. The molecule has 1 heterocycles. The van der Waals surface area contributed by atoms with Crippen molar-refractivity contribution in [2.45, 2.75) is 12.8 Å². The minimum Gasteiger partial charge on any atom is -0.355 e. The first-order valence-electron chi connectivity index (χ1n) is 9.15. The third-order valence-electron chi connectivity index (χ3n) is 4.48. The van der Waals surface area contributed by atoms with Crippen LogP contribution in [0.25, 0.3) is 0 Å². The lowest BCUT2D eigenvalue weighted by molar-refractivity contribution is -0.384. The fourth-order valence-electron chi connectivity index (χ4n) is 2.85. The van der Waals surface area contributed by atoms with Crippen molar-refractivity contribution in [3.63, 3.8) is 0 Å². The van der Waals surface area contributed by atoms with E-state index in [-0.39, 0.29) is 42.5 Å². The van der Waals surface area contributed by atoms with Gasteiger partial charge in [0.25, 0.3) is 5.69 Å². The zero-order valence-electron chi connectivity index (χ0n) is 16.4. The fourth-order valence-corrected chi connectivity index (χ4v) is 3.84. The van der Waals surface area contributed by atoms with Crippen molar-refractivity contribution in [3.05, 3.63) is 51.2 Å². The summed E-state index contributed by atoms with van der Waals surface area (Å²) >= 11 is 1.60. The molecule has 0 spiro atoms. The summed E-state index contributed by atoms with van der Waals surface area (Å²) in [5.74, 6) is 0.205. The van der Waals surface area contributed by atoms with E-state index in [0.717, 1.165) is 5.75 Å². The molecule has 1 aliphatic rings. The number of nitrogens with zero attached hydrogens (tertiary/aromatic N) is 2. The number of rotatable bonds is 10. The highest BCUT2D eigenvalue weighted by Gasteiger charge is 2.23. The Morgan fingerprint density at radius 2 is 1.97 bits per heavy atom. The Kier molecular flexibility index (Phi) is 8.54. The Morgan fingerprint density at radius 3 is 2.57 bits per heavy atom.